The number of thiophene rings is 2. The number of hydrogen-bond donors (Lipinski definition) is 0. The van der Waals surface area contributed by atoms with Gasteiger partial charge in [0.05, 0.1) is 24.9 Å². The van der Waals surface area contributed by atoms with Gasteiger partial charge in [-0.15, -0.1) is 52.6 Å². The number of aromatic nitrogens is 3. The molecule has 0 atom stereocenters. The predicted molar refractivity (Wildman–Crippen MR) is 268 cm³/mol. The van der Waals surface area contributed by atoms with Crippen LogP contribution in [0.1, 0.15) is 70.1 Å². The van der Waals surface area contributed by atoms with Gasteiger partial charge < -0.3 is 9.55 Å². The van der Waals surface area contributed by atoms with Crippen molar-refractivity contribution in [3.8, 4) is 49.9 Å². The van der Waals surface area contributed by atoms with Gasteiger partial charge in [-0.3, -0.25) is 16.3 Å². The van der Waals surface area contributed by atoms with E-state index in [1.54, 1.807) is 22.7 Å². The number of nitrogens with zero attached hydrogens (tertiary/aromatic N) is 3. The van der Waals surface area contributed by atoms with Gasteiger partial charge in [0.15, 0.2) is 0 Å². The molecule has 0 fully saturated rings. The van der Waals surface area contributed by atoms with Gasteiger partial charge in [-0.1, -0.05) is 155 Å². The summed E-state index contributed by atoms with van der Waals surface area (Å²) in [6.07, 6.45) is 3.24. The summed E-state index contributed by atoms with van der Waals surface area (Å²) in [6, 6.07) is 48.8. The summed E-state index contributed by atoms with van der Waals surface area (Å²) in [4.78, 5) is 11.3. The molecule has 0 saturated carbocycles. The van der Waals surface area contributed by atoms with Crippen LogP contribution in [0.5, 0.6) is 0 Å². The Morgan fingerprint density at radius 3 is 2.06 bits per heavy atom. The minimum absolute atomic E-state index is 0. The van der Waals surface area contributed by atoms with E-state index < -0.39 is 8.07 Å². The second-order valence-electron chi connectivity index (χ2n) is 18.1. The van der Waals surface area contributed by atoms with E-state index in [0.29, 0.717) is 17.8 Å². The SMILES string of the molecule is CC(C)Cc1cc(-c2[c-]cccc2)ncc1[Si](C)(C)C.CC(C)c1cc(-c2ccccc2)cc(C(C)C)c1-n1c(-c2[c-]sc3ccc(-c4cccs4)cc23)nc2ccccc21.[Ir]. The van der Waals surface area contributed by atoms with E-state index in [9.17, 15) is 0 Å². The average Bonchev–Trinajstić information content (AvgIpc) is 4.03. The standard InChI is InChI=1S/C37H31N2S2.C18H24NSi.Ir/c1-23(2)28-20-27(25-11-6-5-7-12-25)21-29(24(3)4)36(28)39-33-14-9-8-13-32(33)38-37(39)31-22-41-35-17-16-26(19-30(31)35)34-15-10-18-40-34;1-14(2)11-16-12-17(15-9-7-6-8-10-15)19-13-18(16)20(3,4)5;/h5-21,23-24H,1-4H3;6-9,12-14H,11H2,1-5H3;/q2*-1;. The first-order valence-electron chi connectivity index (χ1n) is 21.5. The Morgan fingerprint density at radius 1 is 0.710 bits per heavy atom. The van der Waals surface area contributed by atoms with E-state index in [1.165, 1.54) is 59.2 Å². The van der Waals surface area contributed by atoms with Gasteiger partial charge in [0.1, 0.15) is 0 Å². The Hall–Kier alpha value is -4.75. The van der Waals surface area contributed by atoms with Crippen LogP contribution in [0.2, 0.25) is 19.6 Å². The smallest absolute Gasteiger partial charge is 0.0798 e. The van der Waals surface area contributed by atoms with E-state index in [-0.39, 0.29) is 20.1 Å². The molecular weight excluding hydrogens is 987 g/mol. The topological polar surface area (TPSA) is 30.7 Å². The van der Waals surface area contributed by atoms with Crippen LogP contribution in [0.3, 0.4) is 0 Å². The molecule has 9 rings (SSSR count). The molecule has 0 unspecified atom stereocenters. The van der Waals surface area contributed by atoms with Gasteiger partial charge in [0.2, 0.25) is 0 Å². The minimum atomic E-state index is -1.34. The fraction of sp³-hybridized carbons (Fsp3) is 0.236. The van der Waals surface area contributed by atoms with Crippen molar-refractivity contribution in [2.75, 3.05) is 0 Å². The van der Waals surface area contributed by atoms with Gasteiger partial charge >= 0.3 is 0 Å². The van der Waals surface area contributed by atoms with E-state index in [0.717, 1.165) is 40.1 Å². The van der Waals surface area contributed by atoms with Crippen LogP contribution in [-0.4, -0.2) is 22.6 Å². The van der Waals surface area contributed by atoms with E-state index >= 15 is 0 Å². The Kier molecular flexibility index (Phi) is 14.1. The molecule has 0 amide bonds. The first-order valence-corrected chi connectivity index (χ1v) is 26.7. The zero-order valence-electron chi connectivity index (χ0n) is 37.2. The molecule has 0 aliphatic heterocycles. The molecule has 3 nitrogen and oxygen atoms in total. The molecule has 0 aliphatic rings. The summed E-state index contributed by atoms with van der Waals surface area (Å²) in [7, 11) is -1.34. The fourth-order valence-corrected chi connectivity index (χ4v) is 11.4. The molecule has 0 N–H and O–H groups in total. The third kappa shape index (κ3) is 9.58. The van der Waals surface area contributed by atoms with E-state index in [2.05, 4.69) is 203 Å². The van der Waals surface area contributed by atoms with E-state index in [1.807, 2.05) is 18.2 Å². The Morgan fingerprint density at radius 2 is 1.42 bits per heavy atom. The van der Waals surface area contributed by atoms with Crippen molar-refractivity contribution in [3.63, 3.8) is 0 Å². The van der Waals surface area contributed by atoms with Crippen LogP contribution in [-0.2, 0) is 26.5 Å². The number of rotatable bonds is 10. The third-order valence-corrected chi connectivity index (χ3v) is 15.1. The summed E-state index contributed by atoms with van der Waals surface area (Å²) in [5.41, 5.74) is 14.5. The summed E-state index contributed by atoms with van der Waals surface area (Å²) < 4.78 is 3.65. The van der Waals surface area contributed by atoms with E-state index in [4.69, 9.17) is 4.98 Å². The Labute approximate surface area is 391 Å². The zero-order valence-corrected chi connectivity index (χ0v) is 42.2. The van der Waals surface area contributed by atoms with Gasteiger partial charge in [0, 0.05) is 36.9 Å². The molecule has 0 aliphatic carbocycles. The number of para-hydroxylation sites is 2. The number of benzene rings is 5. The number of hydrogen-bond acceptors (Lipinski definition) is 4. The van der Waals surface area contributed by atoms with Crippen LogP contribution >= 0.6 is 22.7 Å². The van der Waals surface area contributed by atoms with Gasteiger partial charge in [0.25, 0.3) is 0 Å². The molecule has 317 valence electrons. The van der Waals surface area contributed by atoms with Crippen LogP contribution in [0.15, 0.2) is 139 Å². The molecule has 7 heteroatoms. The molecule has 4 aromatic heterocycles. The molecule has 1 radical (unpaired) electrons. The van der Waals surface area contributed by atoms with Gasteiger partial charge in [-0.05, 0) is 98.6 Å². The largest absolute Gasteiger partial charge is 0.333 e. The van der Waals surface area contributed by atoms with Crippen molar-refractivity contribution < 1.29 is 20.1 Å². The first-order chi connectivity index (χ1) is 29.4. The Balaban J connectivity index is 0.000000233. The summed E-state index contributed by atoms with van der Waals surface area (Å²) in [6.45, 7) is 20.9. The summed E-state index contributed by atoms with van der Waals surface area (Å²) in [5.74, 6) is 2.28. The number of pyridine rings is 1. The molecule has 5 aromatic carbocycles. The average molecular weight is 1040 g/mol. The zero-order chi connectivity index (χ0) is 42.8. The quantitative estimate of drug-likeness (QED) is 0.101. The molecule has 0 bridgehead atoms. The molecule has 9 aromatic rings. The molecular formula is C55H55IrN3S2Si-2. The van der Waals surface area contributed by atoms with Crippen molar-refractivity contribution in [2.45, 2.75) is 79.4 Å². The van der Waals surface area contributed by atoms with Crippen molar-refractivity contribution >= 4 is 57.1 Å². The van der Waals surface area contributed by atoms with Gasteiger partial charge in [-0.25, -0.2) is 0 Å². The minimum Gasteiger partial charge on any atom is -0.333 e. The van der Waals surface area contributed by atoms with Crippen molar-refractivity contribution in [1.82, 2.24) is 14.5 Å². The Bertz CT molecular complexity index is 2870. The number of fused-ring (bicyclic) bond motifs is 2. The van der Waals surface area contributed by atoms with Crippen LogP contribution in [0.25, 0.3) is 71.0 Å². The first kappa shape index (κ1) is 45.3. The van der Waals surface area contributed by atoms with Crippen LogP contribution in [0.4, 0.5) is 0 Å². The number of imidazole rings is 1. The molecule has 0 spiro atoms. The summed E-state index contributed by atoms with van der Waals surface area (Å²) >= 11 is 3.45. The molecule has 4 heterocycles. The van der Waals surface area contributed by atoms with Crippen molar-refractivity contribution in [3.05, 3.63) is 167 Å². The van der Waals surface area contributed by atoms with Crippen LogP contribution < -0.4 is 5.19 Å². The summed E-state index contributed by atoms with van der Waals surface area (Å²) in [5, 5.41) is 8.50. The monoisotopic (exact) mass is 1040 g/mol. The fourth-order valence-electron chi connectivity index (χ4n) is 8.25. The maximum Gasteiger partial charge on any atom is 0.0798 e. The van der Waals surface area contributed by atoms with Crippen LogP contribution in [0, 0.1) is 17.4 Å². The predicted octanol–water partition coefficient (Wildman–Crippen LogP) is 15.6. The normalized spacial score (nSPS) is 11.7. The van der Waals surface area contributed by atoms with Gasteiger partial charge in [-0.2, -0.15) is 0 Å². The molecule has 0 saturated heterocycles. The van der Waals surface area contributed by atoms with Crippen molar-refractivity contribution in [2.24, 2.45) is 5.92 Å². The maximum absolute atomic E-state index is 5.30. The molecule has 62 heavy (non-hydrogen) atoms. The third-order valence-electron chi connectivity index (χ3n) is 11.3. The van der Waals surface area contributed by atoms with Crippen molar-refractivity contribution in [1.29, 1.82) is 0 Å². The second kappa shape index (κ2) is 19.3. The second-order valence-corrected chi connectivity index (χ2v) is 24.9. The maximum atomic E-state index is 5.30.